The van der Waals surface area contributed by atoms with Crippen LogP contribution in [0.3, 0.4) is 0 Å². The summed E-state index contributed by atoms with van der Waals surface area (Å²) in [4.78, 5) is 6.20. The molecule has 0 aliphatic carbocycles. The zero-order valence-electron chi connectivity index (χ0n) is 10.4. The Morgan fingerprint density at radius 2 is 2.11 bits per heavy atom. The molecule has 2 heterocycles. The van der Waals surface area contributed by atoms with E-state index >= 15 is 0 Å². The molecule has 0 radical (unpaired) electrons. The van der Waals surface area contributed by atoms with E-state index in [-0.39, 0.29) is 0 Å². The van der Waals surface area contributed by atoms with Crippen LogP contribution >= 0.6 is 23.1 Å². The molecule has 7 heteroatoms. The number of nitrogens with zero attached hydrogens (tertiary/aromatic N) is 4. The molecule has 18 heavy (non-hydrogen) atoms. The van der Waals surface area contributed by atoms with Gasteiger partial charge in [-0.1, -0.05) is 17.4 Å². The topological polar surface area (TPSA) is 62.1 Å². The van der Waals surface area contributed by atoms with E-state index in [0.29, 0.717) is 0 Å². The van der Waals surface area contributed by atoms with Gasteiger partial charge in [-0.2, -0.15) is 0 Å². The van der Waals surface area contributed by atoms with E-state index in [1.54, 1.807) is 13.1 Å². The van der Waals surface area contributed by atoms with Gasteiger partial charge in [0, 0.05) is 20.3 Å². The molecule has 1 N–H and O–H groups in total. The Hall–Kier alpha value is -1.18. The van der Waals surface area contributed by atoms with E-state index in [2.05, 4.69) is 15.2 Å². The van der Waals surface area contributed by atoms with Crippen molar-refractivity contribution >= 4 is 28.2 Å². The highest BCUT2D eigenvalue weighted by Gasteiger charge is 2.08. The fourth-order valence-electron chi connectivity index (χ4n) is 1.21. The molecule has 0 amide bonds. The van der Waals surface area contributed by atoms with Gasteiger partial charge in [-0.15, -0.1) is 10.2 Å². The van der Waals surface area contributed by atoms with Crippen LogP contribution < -0.4 is 4.90 Å². The van der Waals surface area contributed by atoms with Gasteiger partial charge >= 0.3 is 0 Å². The molecule has 0 aliphatic heterocycles. The number of aliphatic hydroxyl groups is 1. The van der Waals surface area contributed by atoms with Crippen LogP contribution in [0.5, 0.6) is 0 Å². The lowest BCUT2D eigenvalue weighted by Crippen LogP contribution is -2.07. The second-order valence-corrected chi connectivity index (χ2v) is 6.18. The zero-order chi connectivity index (χ0) is 13.1. The third-order valence-electron chi connectivity index (χ3n) is 2.21. The van der Waals surface area contributed by atoms with Gasteiger partial charge in [-0.05, 0) is 30.3 Å². The van der Waals surface area contributed by atoms with Crippen molar-refractivity contribution in [2.75, 3.05) is 19.0 Å². The summed E-state index contributed by atoms with van der Waals surface area (Å²) in [5.74, 6) is 0. The number of hydrogen-bond acceptors (Lipinski definition) is 7. The fourth-order valence-corrected chi connectivity index (χ4v) is 2.86. The van der Waals surface area contributed by atoms with Gasteiger partial charge in [0.1, 0.15) is 5.03 Å². The fraction of sp³-hybridized carbons (Fsp3) is 0.364. The lowest BCUT2D eigenvalue weighted by atomic mass is 10.2. The molecule has 2 aromatic heterocycles. The average Bonchev–Trinajstić information content (AvgIpc) is 2.78. The quantitative estimate of drug-likeness (QED) is 0.927. The summed E-state index contributed by atoms with van der Waals surface area (Å²) >= 11 is 3.00. The highest BCUT2D eigenvalue weighted by molar-refractivity contribution is 8.01. The van der Waals surface area contributed by atoms with Gasteiger partial charge in [0.15, 0.2) is 4.34 Å². The maximum absolute atomic E-state index is 9.40. The van der Waals surface area contributed by atoms with Crippen LogP contribution in [0.25, 0.3) is 0 Å². The molecule has 2 rings (SSSR count). The summed E-state index contributed by atoms with van der Waals surface area (Å²) in [6.45, 7) is 1.72. The van der Waals surface area contributed by atoms with Crippen LogP contribution in [0.1, 0.15) is 18.6 Å². The molecule has 0 fully saturated rings. The maximum atomic E-state index is 9.40. The van der Waals surface area contributed by atoms with Crippen molar-refractivity contribution in [3.05, 3.63) is 23.9 Å². The molecule has 0 unspecified atom stereocenters. The van der Waals surface area contributed by atoms with E-state index in [4.69, 9.17) is 0 Å². The van der Waals surface area contributed by atoms with Crippen molar-refractivity contribution in [1.82, 2.24) is 15.2 Å². The molecule has 2 aromatic rings. The molecular formula is C11H14N4OS2. The van der Waals surface area contributed by atoms with E-state index in [1.165, 1.54) is 23.1 Å². The van der Waals surface area contributed by atoms with Crippen molar-refractivity contribution in [2.45, 2.75) is 22.4 Å². The van der Waals surface area contributed by atoms with E-state index in [1.807, 2.05) is 31.1 Å². The molecule has 0 saturated carbocycles. The number of hydrogen-bond donors (Lipinski definition) is 1. The van der Waals surface area contributed by atoms with Gasteiger partial charge in [0.2, 0.25) is 5.13 Å². The largest absolute Gasteiger partial charge is 0.389 e. The van der Waals surface area contributed by atoms with Crippen LogP contribution in [0.4, 0.5) is 5.13 Å². The predicted octanol–water partition coefficient (Wildman–Crippen LogP) is 2.20. The first-order chi connectivity index (χ1) is 8.56. The SMILES string of the molecule is C[C@@H](O)c1ccc(Sc2nnc(N(C)C)s2)nc1. The van der Waals surface area contributed by atoms with Crippen LogP contribution in [0.2, 0.25) is 0 Å². The van der Waals surface area contributed by atoms with Gasteiger partial charge in [0.25, 0.3) is 0 Å². The van der Waals surface area contributed by atoms with Crippen molar-refractivity contribution in [1.29, 1.82) is 0 Å². The third-order valence-corrected chi connectivity index (χ3v) is 4.30. The first kappa shape index (κ1) is 13.3. The maximum Gasteiger partial charge on any atom is 0.208 e. The summed E-state index contributed by atoms with van der Waals surface area (Å²) in [6, 6.07) is 3.75. The predicted molar refractivity (Wildman–Crippen MR) is 73.2 cm³/mol. The summed E-state index contributed by atoms with van der Waals surface area (Å²) in [7, 11) is 3.87. The van der Waals surface area contributed by atoms with Crippen molar-refractivity contribution in [2.24, 2.45) is 0 Å². The van der Waals surface area contributed by atoms with Crippen LogP contribution in [-0.4, -0.2) is 34.4 Å². The lowest BCUT2D eigenvalue weighted by Gasteiger charge is -2.04. The first-order valence-corrected chi connectivity index (χ1v) is 7.02. The second kappa shape index (κ2) is 5.64. The molecule has 96 valence electrons. The van der Waals surface area contributed by atoms with Crippen molar-refractivity contribution in [3.8, 4) is 0 Å². The number of aromatic nitrogens is 3. The molecule has 0 aliphatic rings. The van der Waals surface area contributed by atoms with E-state index in [0.717, 1.165) is 20.1 Å². The molecule has 1 atom stereocenters. The number of aliphatic hydroxyl groups excluding tert-OH is 1. The molecule has 0 bridgehead atoms. The van der Waals surface area contributed by atoms with Crippen molar-refractivity contribution < 1.29 is 5.11 Å². The highest BCUT2D eigenvalue weighted by Crippen LogP contribution is 2.31. The smallest absolute Gasteiger partial charge is 0.208 e. The van der Waals surface area contributed by atoms with Gasteiger partial charge in [0.05, 0.1) is 6.10 Å². The second-order valence-electron chi connectivity index (χ2n) is 3.95. The van der Waals surface area contributed by atoms with Crippen LogP contribution in [0, 0.1) is 0 Å². The summed E-state index contributed by atoms with van der Waals surface area (Å²) in [5.41, 5.74) is 0.811. The molecule has 0 aromatic carbocycles. The monoisotopic (exact) mass is 282 g/mol. The van der Waals surface area contributed by atoms with Crippen LogP contribution in [0.15, 0.2) is 27.7 Å². The minimum Gasteiger partial charge on any atom is -0.389 e. The summed E-state index contributed by atoms with van der Waals surface area (Å²) < 4.78 is 0.857. The Labute approximate surface area is 114 Å². The molecule has 0 saturated heterocycles. The number of anilines is 1. The van der Waals surface area contributed by atoms with Crippen molar-refractivity contribution in [3.63, 3.8) is 0 Å². The first-order valence-electron chi connectivity index (χ1n) is 5.39. The Bertz CT molecular complexity index is 510. The average molecular weight is 282 g/mol. The zero-order valence-corrected chi connectivity index (χ0v) is 12.0. The van der Waals surface area contributed by atoms with Crippen LogP contribution in [-0.2, 0) is 0 Å². The normalized spacial score (nSPS) is 12.4. The molecule has 0 spiro atoms. The Balaban J connectivity index is 2.08. The van der Waals surface area contributed by atoms with E-state index in [9.17, 15) is 5.11 Å². The van der Waals surface area contributed by atoms with E-state index < -0.39 is 6.10 Å². The minimum absolute atomic E-state index is 0.488. The van der Waals surface area contributed by atoms with Gasteiger partial charge < -0.3 is 10.0 Å². The Morgan fingerprint density at radius 1 is 1.33 bits per heavy atom. The summed E-state index contributed by atoms with van der Waals surface area (Å²) in [5, 5.41) is 19.3. The Morgan fingerprint density at radius 3 is 2.61 bits per heavy atom. The number of pyridine rings is 1. The minimum atomic E-state index is -0.488. The lowest BCUT2D eigenvalue weighted by molar-refractivity contribution is 0.198. The van der Waals surface area contributed by atoms with Gasteiger partial charge in [-0.3, -0.25) is 0 Å². The standard InChI is InChI=1S/C11H14N4OS2/c1-7(16)8-4-5-9(12-6-8)17-11-14-13-10(18-11)15(2)3/h4-7,16H,1-3H3/t7-/m1/s1. The summed E-state index contributed by atoms with van der Waals surface area (Å²) in [6.07, 6.45) is 1.19. The molecular weight excluding hydrogens is 268 g/mol. The number of rotatable bonds is 4. The molecule has 5 nitrogen and oxygen atoms in total. The third kappa shape index (κ3) is 3.18. The van der Waals surface area contributed by atoms with Gasteiger partial charge in [-0.25, -0.2) is 4.98 Å². The highest BCUT2D eigenvalue weighted by atomic mass is 32.2. The Kier molecular flexibility index (Phi) is 4.15.